The van der Waals surface area contributed by atoms with Crippen LogP contribution in [-0.2, 0) is 14.3 Å². The number of carbonyl (C=O) groups excluding carboxylic acids is 2. The van der Waals surface area contributed by atoms with Crippen molar-refractivity contribution in [3.05, 3.63) is 35.1 Å². The molecule has 1 fully saturated rings. The van der Waals surface area contributed by atoms with Gasteiger partial charge < -0.3 is 10.1 Å². The Balaban J connectivity index is 2.43. The number of rotatable bonds is 2. The van der Waals surface area contributed by atoms with E-state index in [2.05, 4.69) is 10.1 Å². The van der Waals surface area contributed by atoms with E-state index in [1.807, 2.05) is 0 Å². The zero-order valence-electron chi connectivity index (χ0n) is 10.6. The minimum absolute atomic E-state index is 0.0331. The van der Waals surface area contributed by atoms with E-state index in [1.165, 1.54) is 0 Å². The van der Waals surface area contributed by atoms with Gasteiger partial charge in [-0.05, 0) is 11.6 Å². The summed E-state index contributed by atoms with van der Waals surface area (Å²) in [4.78, 5) is 23.1. The molecule has 2 atom stereocenters. The number of benzene rings is 1. The van der Waals surface area contributed by atoms with Crippen LogP contribution in [0.5, 0.6) is 0 Å². The van der Waals surface area contributed by atoms with Crippen molar-refractivity contribution in [1.82, 2.24) is 5.32 Å². The van der Waals surface area contributed by atoms with Gasteiger partial charge in [0, 0.05) is 24.9 Å². The topological polar surface area (TPSA) is 55.4 Å². The predicted octanol–water partition coefficient (Wildman–Crippen LogP) is 1.50. The van der Waals surface area contributed by atoms with E-state index in [1.54, 1.807) is 0 Å². The van der Waals surface area contributed by atoms with Gasteiger partial charge in [-0.3, -0.25) is 9.59 Å². The van der Waals surface area contributed by atoms with Crippen LogP contribution < -0.4 is 5.32 Å². The van der Waals surface area contributed by atoms with Crippen LogP contribution in [0, 0.1) is 23.4 Å². The lowest BCUT2D eigenvalue weighted by atomic mass is 9.80. The number of esters is 1. The molecule has 1 aromatic rings. The lowest BCUT2D eigenvalue weighted by molar-refractivity contribution is -0.147. The van der Waals surface area contributed by atoms with Crippen LogP contribution in [0.1, 0.15) is 17.9 Å². The fourth-order valence-electron chi connectivity index (χ4n) is 2.33. The number of nitrogens with one attached hydrogen (secondary N) is 1. The molecule has 1 unspecified atom stereocenters. The number of amides is 1. The van der Waals surface area contributed by atoms with Crippen molar-refractivity contribution in [2.45, 2.75) is 12.3 Å². The Morgan fingerprint density at radius 2 is 1.90 bits per heavy atom. The Morgan fingerprint density at radius 1 is 1.25 bits per heavy atom. The van der Waals surface area contributed by atoms with E-state index in [0.717, 1.165) is 7.11 Å². The van der Waals surface area contributed by atoms with Crippen LogP contribution in [0.25, 0.3) is 0 Å². The second-order valence-corrected chi connectivity index (χ2v) is 4.53. The molecule has 0 saturated carbocycles. The van der Waals surface area contributed by atoms with Crippen LogP contribution in [0.2, 0.25) is 0 Å². The number of ether oxygens (including phenoxy) is 1. The molecular formula is C13H12F3NO3. The summed E-state index contributed by atoms with van der Waals surface area (Å²) < 4.78 is 44.6. The molecule has 0 bridgehead atoms. The predicted molar refractivity (Wildman–Crippen MR) is 62.2 cm³/mol. The lowest BCUT2D eigenvalue weighted by Gasteiger charge is -2.30. The fraction of sp³-hybridized carbons (Fsp3) is 0.385. The third-order valence-corrected chi connectivity index (χ3v) is 3.35. The maximum atomic E-state index is 13.8. The number of hydrogen-bond donors (Lipinski definition) is 1. The molecule has 1 N–H and O–H groups in total. The van der Waals surface area contributed by atoms with E-state index in [4.69, 9.17) is 0 Å². The maximum Gasteiger partial charge on any atom is 0.311 e. The van der Waals surface area contributed by atoms with Crippen molar-refractivity contribution in [2.24, 2.45) is 5.92 Å². The Labute approximate surface area is 112 Å². The number of carbonyl (C=O) groups is 2. The summed E-state index contributed by atoms with van der Waals surface area (Å²) in [6.45, 7) is -0.0331. The molecule has 7 heteroatoms. The Morgan fingerprint density at radius 3 is 2.55 bits per heavy atom. The van der Waals surface area contributed by atoms with Crippen molar-refractivity contribution in [3.63, 3.8) is 0 Å². The van der Waals surface area contributed by atoms with Gasteiger partial charge in [-0.15, -0.1) is 0 Å². The van der Waals surface area contributed by atoms with Gasteiger partial charge in [-0.25, -0.2) is 13.2 Å². The zero-order chi connectivity index (χ0) is 14.9. The largest absolute Gasteiger partial charge is 0.469 e. The molecule has 1 heterocycles. The van der Waals surface area contributed by atoms with Crippen molar-refractivity contribution in [3.8, 4) is 0 Å². The van der Waals surface area contributed by atoms with Gasteiger partial charge in [0.2, 0.25) is 5.91 Å². The normalized spacial score (nSPS) is 22.3. The van der Waals surface area contributed by atoms with Gasteiger partial charge in [-0.2, -0.15) is 0 Å². The first-order chi connectivity index (χ1) is 9.43. The highest BCUT2D eigenvalue weighted by Gasteiger charge is 2.37. The van der Waals surface area contributed by atoms with Gasteiger partial charge >= 0.3 is 5.97 Å². The Bertz CT molecular complexity index is 562. The first-order valence-electron chi connectivity index (χ1n) is 5.93. The molecule has 0 aliphatic carbocycles. The summed E-state index contributed by atoms with van der Waals surface area (Å²) in [6, 6.07) is 1.09. The zero-order valence-corrected chi connectivity index (χ0v) is 10.6. The summed E-state index contributed by atoms with van der Waals surface area (Å²) in [5.74, 6) is -6.28. The standard InChI is InChI=1S/C13H12F3NO3/c1-20-13(19)8-5-17-12(18)3-6(8)7-2-10(15)11(16)4-9(7)14/h2,4,6,8H,3,5H2,1H3,(H,17,18)/t6-,8?/m1/s1. The number of hydrogen-bond acceptors (Lipinski definition) is 3. The minimum atomic E-state index is -1.32. The molecule has 108 valence electrons. The molecule has 0 spiro atoms. The Hall–Kier alpha value is -2.05. The van der Waals surface area contributed by atoms with E-state index in [-0.39, 0.29) is 24.4 Å². The molecule has 20 heavy (non-hydrogen) atoms. The SMILES string of the molecule is COC(=O)C1CNC(=O)C[C@@H]1c1cc(F)c(F)cc1F. The first kappa shape index (κ1) is 14.4. The van der Waals surface area contributed by atoms with Crippen LogP contribution in [0.3, 0.4) is 0 Å². The highest BCUT2D eigenvalue weighted by Crippen LogP contribution is 2.34. The summed E-state index contributed by atoms with van der Waals surface area (Å²) >= 11 is 0. The number of halogens is 3. The molecule has 2 rings (SSSR count). The highest BCUT2D eigenvalue weighted by molar-refractivity contribution is 5.83. The monoisotopic (exact) mass is 287 g/mol. The molecule has 1 aromatic carbocycles. The highest BCUT2D eigenvalue weighted by atomic mass is 19.2. The van der Waals surface area contributed by atoms with E-state index >= 15 is 0 Å². The quantitative estimate of drug-likeness (QED) is 0.662. The van der Waals surface area contributed by atoms with Crippen molar-refractivity contribution >= 4 is 11.9 Å². The number of methoxy groups -OCH3 is 1. The molecule has 1 saturated heterocycles. The summed E-state index contributed by atoms with van der Waals surface area (Å²) in [5.41, 5.74) is -0.200. The smallest absolute Gasteiger partial charge is 0.311 e. The molecule has 1 aliphatic heterocycles. The minimum Gasteiger partial charge on any atom is -0.469 e. The van der Waals surface area contributed by atoms with Crippen LogP contribution in [0.4, 0.5) is 13.2 Å². The molecule has 0 radical (unpaired) electrons. The second kappa shape index (κ2) is 5.52. The van der Waals surface area contributed by atoms with Crippen molar-refractivity contribution in [1.29, 1.82) is 0 Å². The fourth-order valence-corrected chi connectivity index (χ4v) is 2.33. The third kappa shape index (κ3) is 2.61. The van der Waals surface area contributed by atoms with Gasteiger partial charge in [0.15, 0.2) is 11.6 Å². The molecule has 1 amide bonds. The maximum absolute atomic E-state index is 13.8. The summed E-state index contributed by atoms with van der Waals surface area (Å²) in [5, 5.41) is 2.46. The van der Waals surface area contributed by atoms with E-state index in [9.17, 15) is 22.8 Å². The molecular weight excluding hydrogens is 275 g/mol. The average molecular weight is 287 g/mol. The average Bonchev–Trinajstić information content (AvgIpc) is 2.42. The molecule has 1 aliphatic rings. The van der Waals surface area contributed by atoms with Crippen molar-refractivity contribution in [2.75, 3.05) is 13.7 Å². The molecule has 4 nitrogen and oxygen atoms in total. The van der Waals surface area contributed by atoms with Crippen LogP contribution >= 0.6 is 0 Å². The first-order valence-corrected chi connectivity index (χ1v) is 5.93. The van der Waals surface area contributed by atoms with Gasteiger partial charge in [0.05, 0.1) is 13.0 Å². The van der Waals surface area contributed by atoms with Gasteiger partial charge in [-0.1, -0.05) is 0 Å². The third-order valence-electron chi connectivity index (χ3n) is 3.35. The van der Waals surface area contributed by atoms with Crippen LogP contribution in [-0.4, -0.2) is 25.5 Å². The summed E-state index contributed by atoms with van der Waals surface area (Å²) in [6.07, 6.45) is -0.193. The van der Waals surface area contributed by atoms with E-state index < -0.39 is 35.3 Å². The summed E-state index contributed by atoms with van der Waals surface area (Å²) in [7, 11) is 1.16. The lowest BCUT2D eigenvalue weighted by Crippen LogP contribution is -2.43. The number of piperidine rings is 1. The van der Waals surface area contributed by atoms with Gasteiger partial charge in [0.1, 0.15) is 5.82 Å². The molecule has 0 aromatic heterocycles. The van der Waals surface area contributed by atoms with Crippen LogP contribution in [0.15, 0.2) is 12.1 Å². The second-order valence-electron chi connectivity index (χ2n) is 4.53. The van der Waals surface area contributed by atoms with Crippen molar-refractivity contribution < 1.29 is 27.5 Å². The van der Waals surface area contributed by atoms with E-state index in [0.29, 0.717) is 12.1 Å². The van der Waals surface area contributed by atoms with Gasteiger partial charge in [0.25, 0.3) is 0 Å². The Kier molecular flexibility index (Phi) is 3.96.